The summed E-state index contributed by atoms with van der Waals surface area (Å²) in [6, 6.07) is 3.96. The Bertz CT molecular complexity index is 531. The quantitative estimate of drug-likeness (QED) is 0.857. The molecular formula is C15H20BrNO3S. The minimum atomic E-state index is -0.840. The molecule has 1 fully saturated rings. The van der Waals surface area contributed by atoms with Gasteiger partial charge in [0.05, 0.1) is 22.2 Å². The van der Waals surface area contributed by atoms with Crippen LogP contribution in [0.2, 0.25) is 0 Å². The van der Waals surface area contributed by atoms with Crippen LogP contribution in [0.1, 0.15) is 31.6 Å². The van der Waals surface area contributed by atoms with E-state index in [4.69, 9.17) is 0 Å². The summed E-state index contributed by atoms with van der Waals surface area (Å²) in [7, 11) is 0. The van der Waals surface area contributed by atoms with Crippen LogP contribution < -0.4 is 0 Å². The Morgan fingerprint density at radius 1 is 1.38 bits per heavy atom. The Morgan fingerprint density at radius 2 is 2.05 bits per heavy atom. The lowest BCUT2D eigenvalue weighted by Crippen LogP contribution is -2.38. The number of amides is 1. The van der Waals surface area contributed by atoms with Gasteiger partial charge in [-0.05, 0) is 53.7 Å². The van der Waals surface area contributed by atoms with E-state index in [1.807, 2.05) is 26.0 Å². The molecule has 0 aromatic carbocycles. The molecular weight excluding hydrogens is 354 g/mol. The molecule has 0 spiro atoms. The molecule has 2 rings (SSSR count). The maximum atomic E-state index is 12.7. The van der Waals surface area contributed by atoms with Crippen LogP contribution in [0.25, 0.3) is 0 Å². The zero-order valence-corrected chi connectivity index (χ0v) is 14.6. The molecule has 1 N–H and O–H groups in total. The molecule has 1 saturated carbocycles. The van der Waals surface area contributed by atoms with Crippen molar-refractivity contribution in [3.63, 3.8) is 0 Å². The Hall–Kier alpha value is -0.880. The van der Waals surface area contributed by atoms with Crippen LogP contribution in [-0.2, 0) is 16.1 Å². The van der Waals surface area contributed by atoms with Crippen LogP contribution in [0.4, 0.5) is 0 Å². The summed E-state index contributed by atoms with van der Waals surface area (Å²) in [6.45, 7) is 5.12. The van der Waals surface area contributed by atoms with E-state index >= 15 is 0 Å². The molecule has 1 unspecified atom stereocenters. The summed E-state index contributed by atoms with van der Waals surface area (Å²) in [6.07, 6.45) is 1.29. The first kappa shape index (κ1) is 16.5. The van der Waals surface area contributed by atoms with Crippen LogP contribution in [0.3, 0.4) is 0 Å². The van der Waals surface area contributed by atoms with Gasteiger partial charge in [-0.25, -0.2) is 0 Å². The number of carboxylic acid groups (broad SMARTS) is 1. The van der Waals surface area contributed by atoms with Crippen molar-refractivity contribution in [1.82, 2.24) is 4.90 Å². The molecule has 1 aromatic heterocycles. The number of thiophene rings is 1. The van der Waals surface area contributed by atoms with Gasteiger partial charge < -0.3 is 10.0 Å². The highest BCUT2D eigenvalue weighted by molar-refractivity contribution is 9.11. The molecule has 3 atom stereocenters. The average Bonchev–Trinajstić information content (AvgIpc) is 3.01. The van der Waals surface area contributed by atoms with E-state index in [1.54, 1.807) is 16.2 Å². The molecule has 1 aliphatic carbocycles. The zero-order chi connectivity index (χ0) is 15.6. The highest BCUT2D eigenvalue weighted by atomic mass is 79.9. The van der Waals surface area contributed by atoms with Crippen LogP contribution >= 0.6 is 27.3 Å². The number of carbonyl (C=O) groups is 2. The second-order valence-corrected chi connectivity index (χ2v) is 8.23. The molecule has 0 bridgehead atoms. The normalized spacial score (nSPS) is 25.0. The second-order valence-electron chi connectivity index (χ2n) is 5.69. The number of halogens is 1. The number of rotatable bonds is 5. The Balaban J connectivity index is 2.10. The van der Waals surface area contributed by atoms with E-state index in [-0.39, 0.29) is 11.8 Å². The third-order valence-electron chi connectivity index (χ3n) is 4.10. The van der Waals surface area contributed by atoms with Crippen molar-refractivity contribution in [3.05, 3.63) is 20.8 Å². The number of nitrogens with zero attached hydrogens (tertiary/aromatic N) is 1. The molecule has 116 valence electrons. The summed E-state index contributed by atoms with van der Waals surface area (Å²) < 4.78 is 1.04. The monoisotopic (exact) mass is 373 g/mol. The smallest absolute Gasteiger partial charge is 0.307 e. The lowest BCUT2D eigenvalue weighted by molar-refractivity contribution is -0.149. The van der Waals surface area contributed by atoms with Crippen molar-refractivity contribution < 1.29 is 14.7 Å². The maximum Gasteiger partial charge on any atom is 0.307 e. The number of aliphatic carboxylic acids is 1. The van der Waals surface area contributed by atoms with Gasteiger partial charge in [-0.15, -0.1) is 11.3 Å². The van der Waals surface area contributed by atoms with Gasteiger partial charge in [0, 0.05) is 11.4 Å². The predicted octanol–water partition coefficient (Wildman–Crippen LogP) is 3.61. The van der Waals surface area contributed by atoms with Crippen molar-refractivity contribution in [3.8, 4) is 0 Å². The molecule has 21 heavy (non-hydrogen) atoms. The zero-order valence-electron chi connectivity index (χ0n) is 12.2. The first-order valence-electron chi connectivity index (χ1n) is 7.18. The van der Waals surface area contributed by atoms with Crippen LogP contribution in [-0.4, -0.2) is 28.4 Å². The van der Waals surface area contributed by atoms with Gasteiger partial charge in [-0.2, -0.15) is 0 Å². The number of carbonyl (C=O) groups excluding carboxylic acids is 1. The average molecular weight is 374 g/mol. The lowest BCUT2D eigenvalue weighted by atomic mass is 9.94. The Labute approximate surface area is 137 Å². The van der Waals surface area contributed by atoms with Crippen LogP contribution in [0.15, 0.2) is 15.9 Å². The van der Waals surface area contributed by atoms with E-state index in [0.717, 1.165) is 8.66 Å². The van der Waals surface area contributed by atoms with E-state index in [9.17, 15) is 14.7 Å². The van der Waals surface area contributed by atoms with E-state index < -0.39 is 11.9 Å². The Morgan fingerprint density at radius 3 is 2.57 bits per heavy atom. The van der Waals surface area contributed by atoms with Gasteiger partial charge in [0.15, 0.2) is 0 Å². The van der Waals surface area contributed by atoms with Crippen LogP contribution in [0, 0.1) is 17.8 Å². The minimum Gasteiger partial charge on any atom is -0.481 e. The molecule has 0 aliphatic heterocycles. The van der Waals surface area contributed by atoms with Crippen molar-refractivity contribution in [2.24, 2.45) is 17.8 Å². The van der Waals surface area contributed by atoms with Gasteiger partial charge in [0.25, 0.3) is 0 Å². The van der Waals surface area contributed by atoms with Crippen molar-refractivity contribution in [2.45, 2.75) is 33.2 Å². The summed E-state index contributed by atoms with van der Waals surface area (Å²) >= 11 is 5.03. The first-order chi connectivity index (χ1) is 9.92. The fourth-order valence-electron chi connectivity index (χ4n) is 3.04. The molecule has 1 amide bonds. The highest BCUT2D eigenvalue weighted by Crippen LogP contribution is 2.38. The van der Waals surface area contributed by atoms with Crippen LogP contribution in [0.5, 0.6) is 0 Å². The summed E-state index contributed by atoms with van der Waals surface area (Å²) in [4.78, 5) is 26.9. The summed E-state index contributed by atoms with van der Waals surface area (Å²) in [5, 5.41) is 9.32. The minimum absolute atomic E-state index is 0.0150. The third-order valence-corrected chi connectivity index (χ3v) is 5.71. The van der Waals surface area contributed by atoms with Gasteiger partial charge in [-0.1, -0.05) is 6.92 Å². The van der Waals surface area contributed by atoms with Crippen molar-refractivity contribution in [2.75, 3.05) is 6.54 Å². The van der Waals surface area contributed by atoms with E-state index in [2.05, 4.69) is 15.9 Å². The highest BCUT2D eigenvalue weighted by Gasteiger charge is 2.42. The SMILES string of the molecule is CCN(Cc1ccc(Br)s1)C(=O)[C@H]1CC(C)C[C@H]1C(=O)O. The summed E-state index contributed by atoms with van der Waals surface area (Å²) in [5.41, 5.74) is 0. The fourth-order valence-corrected chi connectivity index (χ4v) is 4.54. The largest absolute Gasteiger partial charge is 0.481 e. The first-order valence-corrected chi connectivity index (χ1v) is 8.79. The third kappa shape index (κ3) is 3.86. The van der Waals surface area contributed by atoms with Gasteiger partial charge in [0.1, 0.15) is 0 Å². The molecule has 1 aromatic rings. The molecule has 1 heterocycles. The van der Waals surface area contributed by atoms with Gasteiger partial charge >= 0.3 is 5.97 Å². The predicted molar refractivity (Wildman–Crippen MR) is 86.1 cm³/mol. The van der Waals surface area contributed by atoms with Gasteiger partial charge in [-0.3, -0.25) is 9.59 Å². The molecule has 1 aliphatic rings. The molecule has 6 heteroatoms. The number of carboxylic acids is 1. The molecule has 4 nitrogen and oxygen atoms in total. The topological polar surface area (TPSA) is 57.6 Å². The second kappa shape index (κ2) is 6.92. The summed E-state index contributed by atoms with van der Waals surface area (Å²) in [5.74, 6) is -1.46. The number of hydrogen-bond acceptors (Lipinski definition) is 3. The molecule has 0 radical (unpaired) electrons. The fraction of sp³-hybridized carbons (Fsp3) is 0.600. The van der Waals surface area contributed by atoms with E-state index in [0.29, 0.717) is 31.8 Å². The van der Waals surface area contributed by atoms with Crippen molar-refractivity contribution >= 4 is 39.1 Å². The number of hydrogen-bond donors (Lipinski definition) is 1. The lowest BCUT2D eigenvalue weighted by Gasteiger charge is -2.25. The van der Waals surface area contributed by atoms with Crippen molar-refractivity contribution in [1.29, 1.82) is 0 Å². The van der Waals surface area contributed by atoms with E-state index in [1.165, 1.54) is 0 Å². The standard InChI is InChI=1S/C15H20BrNO3S/c1-3-17(8-10-4-5-13(16)21-10)14(18)11-6-9(2)7-12(11)15(19)20/h4-5,9,11-12H,3,6-8H2,1-2H3,(H,19,20)/t9?,11-,12+/m0/s1. The Kier molecular flexibility index (Phi) is 5.43. The molecule has 0 saturated heterocycles. The van der Waals surface area contributed by atoms with Gasteiger partial charge in [0.2, 0.25) is 5.91 Å². The maximum absolute atomic E-state index is 12.7.